The lowest BCUT2D eigenvalue weighted by Crippen LogP contribution is -2.41. The fraction of sp³-hybridized carbons (Fsp3) is 0.536. The van der Waals surface area contributed by atoms with Crippen molar-refractivity contribution in [2.45, 2.75) is 56.9 Å². The number of carbonyl (C=O) groups is 1. The van der Waals surface area contributed by atoms with Crippen molar-refractivity contribution in [2.24, 2.45) is 23.7 Å². The molecular formula is C28H33ClN2O. The zero-order chi connectivity index (χ0) is 21.7. The molecule has 6 rings (SSSR count). The molecule has 1 aliphatic heterocycles. The van der Waals surface area contributed by atoms with E-state index in [1.54, 1.807) is 0 Å². The third kappa shape index (κ3) is 3.94. The Morgan fingerprint density at radius 2 is 1.66 bits per heavy atom. The van der Waals surface area contributed by atoms with E-state index >= 15 is 0 Å². The summed E-state index contributed by atoms with van der Waals surface area (Å²) < 4.78 is 0. The largest absolute Gasteiger partial charge is 0.371 e. The Morgan fingerprint density at radius 3 is 2.47 bits per heavy atom. The first-order valence-corrected chi connectivity index (χ1v) is 12.9. The van der Waals surface area contributed by atoms with Gasteiger partial charge in [0.15, 0.2) is 0 Å². The number of halogens is 1. The average Bonchev–Trinajstić information content (AvgIpc) is 3.38. The lowest BCUT2D eigenvalue weighted by molar-refractivity contribution is 0.0912. The molecule has 2 aromatic rings. The van der Waals surface area contributed by atoms with Gasteiger partial charge in [0, 0.05) is 41.3 Å². The van der Waals surface area contributed by atoms with Crippen LogP contribution in [-0.4, -0.2) is 25.0 Å². The molecule has 32 heavy (non-hydrogen) atoms. The van der Waals surface area contributed by atoms with Gasteiger partial charge in [0.25, 0.3) is 5.91 Å². The minimum absolute atomic E-state index is 0.114. The zero-order valence-electron chi connectivity index (χ0n) is 18.7. The molecule has 0 radical (unpaired) electrons. The minimum atomic E-state index is 0.114. The van der Waals surface area contributed by atoms with Crippen molar-refractivity contribution < 1.29 is 4.79 Å². The molecule has 1 amide bonds. The highest BCUT2D eigenvalue weighted by molar-refractivity contribution is 6.30. The highest BCUT2D eigenvalue weighted by Gasteiger charge is 2.46. The van der Waals surface area contributed by atoms with Gasteiger partial charge in [0.2, 0.25) is 0 Å². The molecule has 2 aromatic carbocycles. The second-order valence-corrected chi connectivity index (χ2v) is 11.2. The molecular weight excluding hydrogens is 416 g/mol. The molecule has 1 N–H and O–H groups in total. The fourth-order valence-electron chi connectivity index (χ4n) is 7.35. The summed E-state index contributed by atoms with van der Waals surface area (Å²) in [5.74, 6) is 4.07. The van der Waals surface area contributed by atoms with E-state index in [-0.39, 0.29) is 5.91 Å². The summed E-state index contributed by atoms with van der Waals surface area (Å²) in [7, 11) is 0. The summed E-state index contributed by atoms with van der Waals surface area (Å²) >= 11 is 6.04. The highest BCUT2D eigenvalue weighted by atomic mass is 35.5. The molecule has 3 saturated carbocycles. The monoisotopic (exact) mass is 448 g/mol. The van der Waals surface area contributed by atoms with Crippen LogP contribution in [0, 0.1) is 23.7 Å². The van der Waals surface area contributed by atoms with Crippen molar-refractivity contribution in [2.75, 3.05) is 18.0 Å². The SMILES string of the molecule is O=C(NC1CCC2CC3CC(C2)C1C3)c1ccc(N2CCC(c3ccc(Cl)cc3)C2)cc1. The molecule has 1 saturated heterocycles. The third-order valence-corrected chi connectivity index (χ3v) is 9.15. The van der Waals surface area contributed by atoms with Crippen molar-refractivity contribution in [3.8, 4) is 0 Å². The van der Waals surface area contributed by atoms with Gasteiger partial charge in [-0.05, 0) is 111 Å². The number of fused-ring (bicyclic) bond motifs is 2. The van der Waals surface area contributed by atoms with Crippen LogP contribution in [0.15, 0.2) is 48.5 Å². The molecule has 0 aromatic heterocycles. The number of carbonyl (C=O) groups excluding carboxylic acids is 1. The molecule has 3 nitrogen and oxygen atoms in total. The first kappa shape index (κ1) is 20.6. The van der Waals surface area contributed by atoms with Crippen molar-refractivity contribution in [1.29, 1.82) is 0 Å². The molecule has 168 valence electrons. The van der Waals surface area contributed by atoms with Crippen LogP contribution in [-0.2, 0) is 0 Å². The normalized spacial score (nSPS) is 33.3. The second-order valence-electron chi connectivity index (χ2n) is 10.8. The number of benzene rings is 2. The molecule has 6 unspecified atom stereocenters. The summed E-state index contributed by atoms with van der Waals surface area (Å²) in [6, 6.07) is 16.9. The lowest BCUT2D eigenvalue weighted by Gasteiger charge is -2.27. The number of rotatable bonds is 4. The topological polar surface area (TPSA) is 32.3 Å². The summed E-state index contributed by atoms with van der Waals surface area (Å²) in [5, 5.41) is 4.24. The summed E-state index contributed by atoms with van der Waals surface area (Å²) in [6.07, 6.45) is 9.24. The third-order valence-electron chi connectivity index (χ3n) is 8.89. The van der Waals surface area contributed by atoms with Crippen LogP contribution in [0.25, 0.3) is 0 Å². The van der Waals surface area contributed by atoms with Crippen LogP contribution in [0.3, 0.4) is 0 Å². The first-order valence-electron chi connectivity index (χ1n) is 12.5. The van der Waals surface area contributed by atoms with E-state index < -0.39 is 0 Å². The Bertz CT molecular complexity index is 972. The van der Waals surface area contributed by atoms with Gasteiger partial charge in [0.05, 0.1) is 0 Å². The molecule has 3 bridgehead atoms. The molecule has 3 aliphatic carbocycles. The highest BCUT2D eigenvalue weighted by Crippen LogP contribution is 2.53. The van der Waals surface area contributed by atoms with E-state index in [1.165, 1.54) is 49.8 Å². The van der Waals surface area contributed by atoms with Crippen LogP contribution in [0.5, 0.6) is 0 Å². The summed E-state index contributed by atoms with van der Waals surface area (Å²) in [5.41, 5.74) is 3.37. The summed E-state index contributed by atoms with van der Waals surface area (Å²) in [6.45, 7) is 2.06. The maximum atomic E-state index is 13.1. The van der Waals surface area contributed by atoms with Gasteiger partial charge >= 0.3 is 0 Å². The van der Waals surface area contributed by atoms with Gasteiger partial charge in [-0.3, -0.25) is 4.79 Å². The van der Waals surface area contributed by atoms with E-state index in [1.807, 2.05) is 24.3 Å². The van der Waals surface area contributed by atoms with Crippen molar-refractivity contribution in [3.63, 3.8) is 0 Å². The van der Waals surface area contributed by atoms with E-state index in [9.17, 15) is 4.79 Å². The van der Waals surface area contributed by atoms with Gasteiger partial charge in [-0.2, -0.15) is 0 Å². The predicted molar refractivity (Wildman–Crippen MR) is 130 cm³/mol. The molecule has 4 aliphatic rings. The van der Waals surface area contributed by atoms with E-state index in [4.69, 9.17) is 11.6 Å². The summed E-state index contributed by atoms with van der Waals surface area (Å²) in [4.78, 5) is 15.5. The lowest BCUT2D eigenvalue weighted by atomic mass is 9.80. The van der Waals surface area contributed by atoms with Crippen LogP contribution in [0.4, 0.5) is 5.69 Å². The quantitative estimate of drug-likeness (QED) is 0.597. The van der Waals surface area contributed by atoms with Crippen molar-refractivity contribution in [3.05, 3.63) is 64.7 Å². The van der Waals surface area contributed by atoms with Gasteiger partial charge in [-0.15, -0.1) is 0 Å². The number of hydrogen-bond acceptors (Lipinski definition) is 2. The van der Waals surface area contributed by atoms with Gasteiger partial charge in [0.1, 0.15) is 0 Å². The minimum Gasteiger partial charge on any atom is -0.371 e. The molecule has 1 heterocycles. The van der Waals surface area contributed by atoms with Gasteiger partial charge in [-0.1, -0.05) is 23.7 Å². The predicted octanol–water partition coefficient (Wildman–Crippen LogP) is 6.28. The van der Waals surface area contributed by atoms with E-state index in [0.717, 1.165) is 47.9 Å². The molecule has 4 heteroatoms. The maximum Gasteiger partial charge on any atom is 0.251 e. The number of nitrogens with zero attached hydrogens (tertiary/aromatic N) is 1. The fourth-order valence-corrected chi connectivity index (χ4v) is 7.48. The number of hydrogen-bond donors (Lipinski definition) is 1. The van der Waals surface area contributed by atoms with Crippen LogP contribution < -0.4 is 10.2 Å². The van der Waals surface area contributed by atoms with Gasteiger partial charge < -0.3 is 10.2 Å². The molecule has 4 fully saturated rings. The average molecular weight is 449 g/mol. The Labute approximate surface area is 196 Å². The number of amides is 1. The Kier molecular flexibility index (Phi) is 5.41. The van der Waals surface area contributed by atoms with Gasteiger partial charge in [-0.25, -0.2) is 0 Å². The van der Waals surface area contributed by atoms with E-state index in [2.05, 4.69) is 34.5 Å². The Hall–Kier alpha value is -2.00. The second kappa shape index (κ2) is 8.41. The standard InChI is InChI=1S/C28H33ClN2O/c29-24-6-2-20(3-7-24)22-11-12-31(17-22)25-8-4-21(5-9-25)28(32)30-27-10-1-18-13-19-15-23(14-18)26(27)16-19/h2-9,18-19,22-23,26-27H,1,10-17H2,(H,30,32). The zero-order valence-corrected chi connectivity index (χ0v) is 19.4. The maximum absolute atomic E-state index is 13.1. The number of nitrogens with one attached hydrogen (secondary N) is 1. The number of anilines is 1. The first-order chi connectivity index (χ1) is 15.6. The van der Waals surface area contributed by atoms with E-state index in [0.29, 0.717) is 17.9 Å². The molecule has 6 atom stereocenters. The van der Waals surface area contributed by atoms with Crippen LogP contribution in [0.2, 0.25) is 5.02 Å². The van der Waals surface area contributed by atoms with Crippen LogP contribution >= 0.6 is 11.6 Å². The smallest absolute Gasteiger partial charge is 0.251 e. The van der Waals surface area contributed by atoms with Crippen molar-refractivity contribution >= 4 is 23.2 Å². The Morgan fingerprint density at radius 1 is 0.875 bits per heavy atom. The van der Waals surface area contributed by atoms with Crippen molar-refractivity contribution in [1.82, 2.24) is 5.32 Å². The molecule has 0 spiro atoms. The Balaban J connectivity index is 1.09. The van der Waals surface area contributed by atoms with Crippen LogP contribution in [0.1, 0.15) is 66.8 Å².